The third-order valence-electron chi connectivity index (χ3n) is 4.50. The predicted octanol–water partition coefficient (Wildman–Crippen LogP) is 2.79. The first-order chi connectivity index (χ1) is 11.7. The number of methoxy groups -OCH3 is 1. The van der Waals surface area contributed by atoms with Crippen molar-refractivity contribution >= 4 is 10.9 Å². The van der Waals surface area contributed by atoms with Crippen molar-refractivity contribution in [3.05, 3.63) is 30.0 Å². The first-order valence-electron chi connectivity index (χ1n) is 8.28. The van der Waals surface area contributed by atoms with E-state index in [2.05, 4.69) is 15.2 Å². The third kappa shape index (κ3) is 4.28. The SMILES string of the molecule is COC(Cc1cccc2nn(CC3CCNCC3)cc12)OC(F)F. The van der Waals surface area contributed by atoms with E-state index in [4.69, 9.17) is 4.74 Å². The summed E-state index contributed by atoms with van der Waals surface area (Å²) in [5.41, 5.74) is 1.77. The molecular formula is C17H23F2N3O2. The molecule has 1 aliphatic heterocycles. The summed E-state index contributed by atoms with van der Waals surface area (Å²) in [6, 6.07) is 5.72. The van der Waals surface area contributed by atoms with Gasteiger partial charge in [0.2, 0.25) is 0 Å². The number of nitrogens with one attached hydrogen (secondary N) is 1. The van der Waals surface area contributed by atoms with E-state index in [1.807, 2.05) is 29.1 Å². The maximum atomic E-state index is 12.4. The molecule has 2 heterocycles. The van der Waals surface area contributed by atoms with Gasteiger partial charge in [0.1, 0.15) is 0 Å². The Morgan fingerprint density at radius 2 is 2.12 bits per heavy atom. The Morgan fingerprint density at radius 1 is 1.33 bits per heavy atom. The maximum absolute atomic E-state index is 12.4. The van der Waals surface area contributed by atoms with Crippen LogP contribution in [0.2, 0.25) is 0 Å². The van der Waals surface area contributed by atoms with Gasteiger partial charge in [-0.15, -0.1) is 0 Å². The van der Waals surface area contributed by atoms with Crippen LogP contribution in [0.15, 0.2) is 24.4 Å². The van der Waals surface area contributed by atoms with Crippen molar-refractivity contribution in [2.45, 2.75) is 38.7 Å². The standard InChI is InChI=1S/C17H23F2N3O2/c1-23-16(24-17(18)19)9-13-3-2-4-15-14(13)11-22(21-15)10-12-5-7-20-8-6-12/h2-4,11-12,16-17,20H,5-10H2,1H3. The number of aromatic nitrogens is 2. The number of ether oxygens (including phenoxy) is 2. The first kappa shape index (κ1) is 17.3. The highest BCUT2D eigenvalue weighted by Crippen LogP contribution is 2.22. The lowest BCUT2D eigenvalue weighted by Crippen LogP contribution is -2.29. The zero-order chi connectivity index (χ0) is 16.9. The van der Waals surface area contributed by atoms with Gasteiger partial charge in [-0.05, 0) is 43.5 Å². The van der Waals surface area contributed by atoms with Crippen LogP contribution in [0.25, 0.3) is 10.9 Å². The molecule has 0 bridgehead atoms. The zero-order valence-electron chi connectivity index (χ0n) is 13.8. The van der Waals surface area contributed by atoms with Crippen molar-refractivity contribution < 1.29 is 18.3 Å². The van der Waals surface area contributed by atoms with Gasteiger partial charge in [-0.2, -0.15) is 13.9 Å². The minimum absolute atomic E-state index is 0.261. The number of nitrogens with zero attached hydrogens (tertiary/aromatic N) is 2. The van der Waals surface area contributed by atoms with Crippen LogP contribution in [0.1, 0.15) is 18.4 Å². The van der Waals surface area contributed by atoms with Crippen LogP contribution in [-0.2, 0) is 22.4 Å². The maximum Gasteiger partial charge on any atom is 0.347 e. The lowest BCUT2D eigenvalue weighted by Gasteiger charge is -2.22. The Bertz CT molecular complexity index is 656. The van der Waals surface area contributed by atoms with E-state index in [0.717, 1.165) is 48.9 Å². The minimum atomic E-state index is -2.85. The summed E-state index contributed by atoms with van der Waals surface area (Å²) in [6.45, 7) is 0.141. The quantitative estimate of drug-likeness (QED) is 0.788. The number of hydrogen-bond acceptors (Lipinski definition) is 4. The van der Waals surface area contributed by atoms with E-state index in [1.165, 1.54) is 7.11 Å². The summed E-state index contributed by atoms with van der Waals surface area (Å²) in [5, 5.41) is 8.95. The highest BCUT2D eigenvalue weighted by molar-refractivity contribution is 5.81. The summed E-state index contributed by atoms with van der Waals surface area (Å²) in [4.78, 5) is 0. The number of rotatable bonds is 7. The third-order valence-corrected chi connectivity index (χ3v) is 4.50. The smallest absolute Gasteiger partial charge is 0.347 e. The normalized spacial score (nSPS) is 17.7. The molecule has 0 saturated carbocycles. The van der Waals surface area contributed by atoms with Gasteiger partial charge in [0.15, 0.2) is 6.29 Å². The molecule has 1 atom stereocenters. The first-order valence-corrected chi connectivity index (χ1v) is 8.28. The molecule has 1 aliphatic rings. The van der Waals surface area contributed by atoms with Crippen LogP contribution in [-0.4, -0.2) is 42.9 Å². The number of benzene rings is 1. The van der Waals surface area contributed by atoms with Gasteiger partial charge in [-0.1, -0.05) is 12.1 Å². The number of fused-ring (bicyclic) bond motifs is 1. The molecule has 132 valence electrons. The monoisotopic (exact) mass is 339 g/mol. The van der Waals surface area contributed by atoms with Crippen LogP contribution in [0.5, 0.6) is 0 Å². The lowest BCUT2D eigenvalue weighted by atomic mass is 9.98. The van der Waals surface area contributed by atoms with Crippen molar-refractivity contribution in [2.75, 3.05) is 20.2 Å². The molecule has 3 rings (SSSR count). The van der Waals surface area contributed by atoms with E-state index >= 15 is 0 Å². The van der Waals surface area contributed by atoms with E-state index in [-0.39, 0.29) is 6.42 Å². The van der Waals surface area contributed by atoms with Gasteiger partial charge in [0.25, 0.3) is 0 Å². The molecule has 1 aromatic heterocycles. The Hall–Kier alpha value is -1.57. The molecule has 24 heavy (non-hydrogen) atoms. The summed E-state index contributed by atoms with van der Waals surface area (Å²) in [5.74, 6) is 0.623. The van der Waals surface area contributed by atoms with Crippen LogP contribution < -0.4 is 5.32 Å². The van der Waals surface area contributed by atoms with Crippen molar-refractivity contribution in [3.63, 3.8) is 0 Å². The second kappa shape index (κ2) is 8.00. The highest BCUT2D eigenvalue weighted by Gasteiger charge is 2.18. The van der Waals surface area contributed by atoms with Gasteiger partial charge < -0.3 is 10.1 Å². The Labute approximate surface area is 139 Å². The minimum Gasteiger partial charge on any atom is -0.355 e. The Kier molecular flexibility index (Phi) is 5.76. The summed E-state index contributed by atoms with van der Waals surface area (Å²) < 4.78 is 36.3. The van der Waals surface area contributed by atoms with Crippen LogP contribution >= 0.6 is 0 Å². The fourth-order valence-corrected chi connectivity index (χ4v) is 3.23. The second-order valence-corrected chi connectivity index (χ2v) is 6.16. The number of hydrogen-bond donors (Lipinski definition) is 1. The van der Waals surface area contributed by atoms with Gasteiger partial charge >= 0.3 is 6.61 Å². The van der Waals surface area contributed by atoms with E-state index in [1.54, 1.807) is 0 Å². The average molecular weight is 339 g/mol. The zero-order valence-corrected chi connectivity index (χ0v) is 13.8. The number of piperidine rings is 1. The van der Waals surface area contributed by atoms with Crippen LogP contribution in [0.4, 0.5) is 8.78 Å². The van der Waals surface area contributed by atoms with Crippen LogP contribution in [0.3, 0.4) is 0 Å². The van der Waals surface area contributed by atoms with Gasteiger partial charge in [-0.3, -0.25) is 9.42 Å². The van der Waals surface area contributed by atoms with E-state index < -0.39 is 12.9 Å². The van der Waals surface area contributed by atoms with Crippen molar-refractivity contribution in [1.82, 2.24) is 15.1 Å². The molecule has 0 spiro atoms. The predicted molar refractivity (Wildman–Crippen MR) is 86.9 cm³/mol. The fraction of sp³-hybridized carbons (Fsp3) is 0.588. The highest BCUT2D eigenvalue weighted by atomic mass is 19.3. The fourth-order valence-electron chi connectivity index (χ4n) is 3.23. The average Bonchev–Trinajstić information content (AvgIpc) is 2.98. The summed E-state index contributed by atoms with van der Waals surface area (Å²) in [6.07, 6.45) is 3.59. The Morgan fingerprint density at radius 3 is 2.83 bits per heavy atom. The van der Waals surface area contributed by atoms with Crippen molar-refractivity contribution in [2.24, 2.45) is 5.92 Å². The molecule has 5 nitrogen and oxygen atoms in total. The number of alkyl halides is 2. The van der Waals surface area contributed by atoms with E-state index in [9.17, 15) is 8.78 Å². The topological polar surface area (TPSA) is 48.3 Å². The van der Waals surface area contributed by atoms with E-state index in [0.29, 0.717) is 5.92 Å². The van der Waals surface area contributed by atoms with Gasteiger partial charge in [0, 0.05) is 31.7 Å². The van der Waals surface area contributed by atoms with Gasteiger partial charge in [-0.25, -0.2) is 0 Å². The molecule has 0 amide bonds. The largest absolute Gasteiger partial charge is 0.355 e. The van der Waals surface area contributed by atoms with Crippen molar-refractivity contribution in [3.8, 4) is 0 Å². The van der Waals surface area contributed by atoms with Gasteiger partial charge in [0.05, 0.1) is 5.52 Å². The van der Waals surface area contributed by atoms with Crippen molar-refractivity contribution in [1.29, 1.82) is 0 Å². The molecule has 1 fully saturated rings. The molecular weight excluding hydrogens is 316 g/mol. The summed E-state index contributed by atoms with van der Waals surface area (Å²) in [7, 11) is 1.37. The molecule has 7 heteroatoms. The molecule has 1 saturated heterocycles. The molecule has 2 aromatic rings. The molecule has 1 unspecified atom stereocenters. The summed E-state index contributed by atoms with van der Waals surface area (Å²) >= 11 is 0. The Balaban J connectivity index is 1.76. The number of halogens is 2. The molecule has 0 aliphatic carbocycles. The molecule has 1 aromatic carbocycles. The molecule has 0 radical (unpaired) electrons. The van der Waals surface area contributed by atoms with Crippen LogP contribution in [0, 0.1) is 5.92 Å². The molecule has 1 N–H and O–H groups in total. The lowest BCUT2D eigenvalue weighted by molar-refractivity contribution is -0.236. The second-order valence-electron chi connectivity index (χ2n) is 6.16.